The molecule has 2 aromatic carbocycles. The van der Waals surface area contributed by atoms with Gasteiger partial charge in [-0.1, -0.05) is 49.7 Å². The summed E-state index contributed by atoms with van der Waals surface area (Å²) in [4.78, 5) is 32.3. The molecule has 1 fully saturated rings. The number of amides is 2. The minimum absolute atomic E-state index is 0.0137. The summed E-state index contributed by atoms with van der Waals surface area (Å²) in [5.41, 5.74) is 3.22. The van der Waals surface area contributed by atoms with E-state index in [2.05, 4.69) is 24.6 Å². The Morgan fingerprint density at radius 1 is 1.09 bits per heavy atom. The Bertz CT molecular complexity index is 1700. The molecule has 0 saturated heterocycles. The van der Waals surface area contributed by atoms with E-state index in [0.29, 0.717) is 48.8 Å². The van der Waals surface area contributed by atoms with Gasteiger partial charge in [-0.2, -0.15) is 0 Å². The number of rotatable bonds is 21. The summed E-state index contributed by atoms with van der Waals surface area (Å²) in [5.74, 6) is -0.540. The third kappa shape index (κ3) is 9.40. The number of aliphatic hydroxyl groups excluding tert-OH is 2. The molecule has 2 aliphatic carbocycles. The molecule has 2 amide bonds. The van der Waals surface area contributed by atoms with Crippen LogP contribution in [0, 0.1) is 27.9 Å². The average Bonchev–Trinajstić information content (AvgIpc) is 3.19. The first-order valence-electron chi connectivity index (χ1n) is 19.4. The van der Waals surface area contributed by atoms with Crippen LogP contribution in [0.5, 0.6) is 11.5 Å². The highest BCUT2D eigenvalue weighted by Gasteiger charge is 2.65. The number of hydrogen-bond acceptors (Lipinski definition) is 10. The van der Waals surface area contributed by atoms with Crippen molar-refractivity contribution in [1.82, 2.24) is 10.2 Å². The summed E-state index contributed by atoms with van der Waals surface area (Å²) in [7, 11) is 1.75. The van der Waals surface area contributed by atoms with E-state index >= 15 is 0 Å². The van der Waals surface area contributed by atoms with Crippen LogP contribution in [0.2, 0.25) is 0 Å². The van der Waals surface area contributed by atoms with Crippen molar-refractivity contribution < 1.29 is 39.0 Å². The molecule has 13 heteroatoms. The van der Waals surface area contributed by atoms with Gasteiger partial charge in [0.15, 0.2) is 0 Å². The van der Waals surface area contributed by atoms with E-state index in [1.54, 1.807) is 36.2 Å². The largest absolute Gasteiger partial charge is 0.490 e. The predicted molar refractivity (Wildman–Crippen MR) is 210 cm³/mol. The number of fused-ring (bicyclic) bond motifs is 2. The minimum Gasteiger partial charge on any atom is -0.490 e. The first kappa shape index (κ1) is 41.4. The van der Waals surface area contributed by atoms with Gasteiger partial charge in [0.1, 0.15) is 30.8 Å². The maximum atomic E-state index is 13.8. The normalized spacial score (nSPS) is 24.4. The Balaban J connectivity index is 1.71. The molecule has 0 unspecified atom stereocenters. The van der Waals surface area contributed by atoms with Crippen LogP contribution in [0.4, 0.5) is 10.5 Å². The molecule has 13 nitrogen and oxygen atoms in total. The first-order valence-corrected chi connectivity index (χ1v) is 19.4. The third-order valence-corrected chi connectivity index (χ3v) is 10.9. The van der Waals surface area contributed by atoms with Crippen molar-refractivity contribution in [1.29, 1.82) is 0 Å². The van der Waals surface area contributed by atoms with Gasteiger partial charge < -0.3 is 39.5 Å². The number of nitro benzene ring substituents is 1. The molecule has 2 aromatic rings. The average molecular weight is 761 g/mol. The Kier molecular flexibility index (Phi) is 14.9. The number of likely N-dealkylation sites (N-methyl/N-ethyl adjacent to an activating group) is 1. The van der Waals surface area contributed by atoms with Gasteiger partial charge in [0, 0.05) is 56.8 Å². The van der Waals surface area contributed by atoms with Crippen LogP contribution < -0.4 is 14.8 Å². The van der Waals surface area contributed by atoms with Crippen LogP contribution in [0.25, 0.3) is 0 Å². The predicted octanol–water partition coefficient (Wildman–Crippen LogP) is 7.04. The van der Waals surface area contributed by atoms with E-state index in [4.69, 9.17) is 24.2 Å². The molecule has 3 N–H and O–H groups in total. The van der Waals surface area contributed by atoms with Gasteiger partial charge in [-0.05, 0) is 85.4 Å². The summed E-state index contributed by atoms with van der Waals surface area (Å²) in [6.07, 6.45) is 11.2. The fourth-order valence-corrected chi connectivity index (χ4v) is 8.37. The van der Waals surface area contributed by atoms with Gasteiger partial charge in [0.25, 0.3) is 5.69 Å². The van der Waals surface area contributed by atoms with Crippen LogP contribution >= 0.6 is 0 Å². The molecular formula is C42H56N4O9. The molecule has 0 radical (unpaired) electrons. The highest BCUT2D eigenvalue weighted by Crippen LogP contribution is 2.61. The maximum Gasteiger partial charge on any atom is 0.317 e. The van der Waals surface area contributed by atoms with Crippen molar-refractivity contribution >= 4 is 17.4 Å². The van der Waals surface area contributed by atoms with E-state index < -0.39 is 22.7 Å². The molecule has 0 aromatic heterocycles. The lowest BCUT2D eigenvalue weighted by Crippen LogP contribution is -2.70. The number of aliphatic hydroxyl groups is 2. The molecule has 5 rings (SSSR count). The summed E-state index contributed by atoms with van der Waals surface area (Å²) in [5, 5.41) is 38.6. The number of carbonyl (C=O) groups excluding carboxylic acids is 1. The Labute approximate surface area is 323 Å². The standard InChI is InChI=1S/C42H56N4O9/c1-5-20-43-41(49)45(4)38-27-36(44-54-28-29-14-16-31(17-15-29)46(50)51)34-25-30(12-8-10-21-47)33(13-9-11-22-48)39-35-26-32(52-23-6-2)18-19-37(35)55-42(38,40(34)39)53-24-7-3/h6-7,14-19,25-26,30,33,38-40,47-48H,2-3,5,8-13,20-24,27-28H2,1,4H3,(H,43,49)/t30-,33+,38-,39+,40+,42+/m0/s1. The van der Waals surface area contributed by atoms with Crippen LogP contribution in [-0.4, -0.2) is 83.6 Å². The fraction of sp³-hybridized carbons (Fsp3) is 0.524. The number of ether oxygens (including phenoxy) is 3. The molecular weight excluding hydrogens is 704 g/mol. The quantitative estimate of drug-likeness (QED) is 0.0524. The Hall–Kier alpha value is -4.72. The molecule has 1 saturated carbocycles. The number of unbranched alkanes of at least 4 members (excludes halogenated alkanes) is 2. The molecule has 0 spiro atoms. The van der Waals surface area contributed by atoms with Crippen LogP contribution in [0.3, 0.4) is 0 Å². The number of urea groups is 1. The molecule has 298 valence electrons. The van der Waals surface area contributed by atoms with E-state index in [-0.39, 0.29) is 62.3 Å². The third-order valence-electron chi connectivity index (χ3n) is 10.9. The number of nitrogens with zero attached hydrogens (tertiary/aromatic N) is 3. The smallest absolute Gasteiger partial charge is 0.317 e. The number of nitrogens with one attached hydrogen (secondary N) is 1. The van der Waals surface area contributed by atoms with Crippen molar-refractivity contribution in [3.8, 4) is 11.5 Å². The second kappa shape index (κ2) is 19.7. The van der Waals surface area contributed by atoms with Crippen LogP contribution in [0.15, 0.2) is 84.6 Å². The van der Waals surface area contributed by atoms with E-state index in [1.165, 1.54) is 12.1 Å². The van der Waals surface area contributed by atoms with Gasteiger partial charge in [0.05, 0.1) is 23.2 Å². The van der Waals surface area contributed by atoms with E-state index in [1.807, 2.05) is 25.1 Å². The molecule has 1 aliphatic heterocycles. The topological polar surface area (TPSA) is 165 Å². The summed E-state index contributed by atoms with van der Waals surface area (Å²) < 4.78 is 20.1. The van der Waals surface area contributed by atoms with Crippen molar-refractivity contribution in [2.45, 2.75) is 82.6 Å². The number of benzene rings is 2. The Morgan fingerprint density at radius 2 is 1.82 bits per heavy atom. The minimum atomic E-state index is -1.36. The zero-order valence-electron chi connectivity index (χ0n) is 32.1. The Morgan fingerprint density at radius 3 is 2.49 bits per heavy atom. The number of carbonyl (C=O) groups is 1. The monoisotopic (exact) mass is 760 g/mol. The van der Waals surface area contributed by atoms with Gasteiger partial charge in [-0.25, -0.2) is 4.79 Å². The second-order valence-electron chi connectivity index (χ2n) is 14.4. The number of oxime groups is 1. The van der Waals surface area contributed by atoms with Crippen molar-refractivity contribution in [2.24, 2.45) is 22.9 Å². The molecule has 6 atom stereocenters. The lowest BCUT2D eigenvalue weighted by molar-refractivity contribution is -0.384. The van der Waals surface area contributed by atoms with Gasteiger partial charge in [-0.3, -0.25) is 10.1 Å². The second-order valence-corrected chi connectivity index (χ2v) is 14.4. The first-order chi connectivity index (χ1) is 26.7. The van der Waals surface area contributed by atoms with Gasteiger partial charge in [-0.15, -0.1) is 6.58 Å². The summed E-state index contributed by atoms with van der Waals surface area (Å²) in [6.45, 7) is 11.0. The van der Waals surface area contributed by atoms with Crippen molar-refractivity contribution in [3.05, 3.63) is 101 Å². The fourth-order valence-electron chi connectivity index (χ4n) is 8.37. The van der Waals surface area contributed by atoms with E-state index in [9.17, 15) is 25.1 Å². The SMILES string of the molecule is C=CCOc1ccc2c(c1)[C@H]1[C@H](CCCCO)[C@@H](CCCCO)C=C3C(=NOCc4ccc([N+](=O)[O-])cc4)C[C@H](N(C)C(=O)NCCC)[C@@](OCC=C)(O2)[C@H]31. The molecule has 0 bridgehead atoms. The molecule has 3 aliphatic rings. The number of hydrogen-bond donors (Lipinski definition) is 3. The highest BCUT2D eigenvalue weighted by molar-refractivity contribution is 6.03. The number of nitro groups is 1. The molecule has 1 heterocycles. The van der Waals surface area contributed by atoms with E-state index in [0.717, 1.165) is 43.2 Å². The van der Waals surface area contributed by atoms with Crippen LogP contribution in [-0.2, 0) is 16.2 Å². The van der Waals surface area contributed by atoms with Gasteiger partial charge >= 0.3 is 6.03 Å². The zero-order valence-corrected chi connectivity index (χ0v) is 32.1. The summed E-state index contributed by atoms with van der Waals surface area (Å²) in [6, 6.07) is 11.0. The zero-order chi connectivity index (χ0) is 39.4. The van der Waals surface area contributed by atoms with Crippen molar-refractivity contribution in [3.63, 3.8) is 0 Å². The highest BCUT2D eigenvalue weighted by atomic mass is 16.7. The lowest BCUT2D eigenvalue weighted by Gasteiger charge is -2.59. The summed E-state index contributed by atoms with van der Waals surface area (Å²) >= 11 is 0. The lowest BCUT2D eigenvalue weighted by atomic mass is 9.55. The maximum absolute atomic E-state index is 13.8. The molecule has 55 heavy (non-hydrogen) atoms. The van der Waals surface area contributed by atoms with Crippen molar-refractivity contribution in [2.75, 3.05) is 40.0 Å². The number of non-ortho nitro benzene ring substituents is 1. The van der Waals surface area contributed by atoms with Crippen LogP contribution in [0.1, 0.15) is 75.3 Å². The van der Waals surface area contributed by atoms with Gasteiger partial charge in [0.2, 0.25) is 5.79 Å². The number of allylic oxidation sites excluding steroid dienone is 1.